The molecule has 0 atom stereocenters. The van der Waals surface area contributed by atoms with Gasteiger partial charge in [-0.3, -0.25) is 0 Å². The van der Waals surface area contributed by atoms with Crippen LogP contribution in [0.25, 0.3) is 17.0 Å². The third-order valence-corrected chi connectivity index (χ3v) is 4.44. The molecule has 0 bridgehead atoms. The van der Waals surface area contributed by atoms with E-state index in [1.54, 1.807) is 12.4 Å². The third kappa shape index (κ3) is 3.97. The molecule has 0 aliphatic rings. The van der Waals surface area contributed by atoms with Crippen molar-refractivity contribution >= 4 is 11.7 Å². The smallest absolute Gasteiger partial charge is 0.299 e. The van der Waals surface area contributed by atoms with Crippen molar-refractivity contribution in [2.24, 2.45) is 0 Å². The van der Waals surface area contributed by atoms with Gasteiger partial charge in [0.15, 0.2) is 5.76 Å². The van der Waals surface area contributed by atoms with E-state index >= 15 is 0 Å². The summed E-state index contributed by atoms with van der Waals surface area (Å²) in [5.41, 5.74) is 5.13. The molecule has 142 valence electrons. The Balaban J connectivity index is 1.50. The maximum atomic E-state index is 5.90. The van der Waals surface area contributed by atoms with Crippen LogP contribution in [0.1, 0.15) is 18.1 Å². The molecule has 0 unspecified atom stereocenters. The highest BCUT2D eigenvalue weighted by Gasteiger charge is 2.09. The number of benzene rings is 2. The summed E-state index contributed by atoms with van der Waals surface area (Å²) in [5.74, 6) is 0.706. The molecule has 2 aromatic heterocycles. The van der Waals surface area contributed by atoms with Gasteiger partial charge in [-0.25, -0.2) is 9.67 Å². The van der Waals surface area contributed by atoms with Gasteiger partial charge in [-0.15, -0.1) is 0 Å². The van der Waals surface area contributed by atoms with Crippen LogP contribution in [0, 0.1) is 6.92 Å². The molecule has 0 radical (unpaired) electrons. The van der Waals surface area contributed by atoms with Gasteiger partial charge >= 0.3 is 0 Å². The highest BCUT2D eigenvalue weighted by Crippen LogP contribution is 2.27. The fraction of sp³-hybridized carbons (Fsp3) is 0.182. The quantitative estimate of drug-likeness (QED) is 0.487. The zero-order valence-corrected chi connectivity index (χ0v) is 15.9. The minimum absolute atomic E-state index is 0.461. The lowest BCUT2D eigenvalue weighted by Crippen LogP contribution is -1.97. The predicted molar refractivity (Wildman–Crippen MR) is 109 cm³/mol. The molecule has 0 aliphatic carbocycles. The van der Waals surface area contributed by atoms with E-state index in [-0.39, 0.29) is 0 Å². The summed E-state index contributed by atoms with van der Waals surface area (Å²) in [7, 11) is 0. The Kier molecular flexibility index (Phi) is 5.21. The van der Waals surface area contributed by atoms with E-state index in [2.05, 4.69) is 33.6 Å². The van der Waals surface area contributed by atoms with Crippen molar-refractivity contribution in [1.82, 2.24) is 14.8 Å². The van der Waals surface area contributed by atoms with Gasteiger partial charge in [0.1, 0.15) is 0 Å². The van der Waals surface area contributed by atoms with Crippen molar-refractivity contribution in [2.75, 3.05) is 11.9 Å². The van der Waals surface area contributed by atoms with E-state index in [4.69, 9.17) is 9.15 Å². The van der Waals surface area contributed by atoms with Gasteiger partial charge in [-0.1, -0.05) is 12.1 Å². The molecule has 0 saturated heterocycles. The fourth-order valence-electron chi connectivity index (χ4n) is 2.89. The Hall–Kier alpha value is -3.38. The van der Waals surface area contributed by atoms with Gasteiger partial charge in [0.05, 0.1) is 18.5 Å². The lowest BCUT2D eigenvalue weighted by molar-refractivity contribution is 0.134. The number of anilines is 2. The monoisotopic (exact) mass is 374 g/mol. The molecule has 28 heavy (non-hydrogen) atoms. The van der Waals surface area contributed by atoms with E-state index in [1.807, 2.05) is 55.1 Å². The molecule has 0 fully saturated rings. The zero-order chi connectivity index (χ0) is 19.3. The normalized spacial score (nSPS) is 10.9. The molecule has 6 heteroatoms. The number of rotatable bonds is 7. The summed E-state index contributed by atoms with van der Waals surface area (Å²) >= 11 is 0. The van der Waals surface area contributed by atoms with Crippen molar-refractivity contribution in [3.63, 3.8) is 0 Å². The molecular formula is C22H22N4O2. The Morgan fingerprint density at radius 2 is 2.00 bits per heavy atom. The molecule has 2 heterocycles. The molecule has 2 aromatic carbocycles. The van der Waals surface area contributed by atoms with E-state index in [9.17, 15) is 0 Å². The lowest BCUT2D eigenvalue weighted by Gasteiger charge is -2.09. The van der Waals surface area contributed by atoms with Gasteiger partial charge in [-0.2, -0.15) is 5.10 Å². The van der Waals surface area contributed by atoms with Gasteiger partial charge in [0, 0.05) is 30.3 Å². The number of oxazole rings is 1. The van der Waals surface area contributed by atoms with Crippen LogP contribution in [0.5, 0.6) is 0 Å². The topological polar surface area (TPSA) is 65.1 Å². The molecule has 0 aliphatic heterocycles. The molecule has 4 rings (SSSR count). The number of hydrogen-bond donors (Lipinski definition) is 1. The molecule has 4 aromatic rings. The lowest BCUT2D eigenvalue weighted by atomic mass is 10.1. The Labute approximate surface area is 163 Å². The minimum Gasteiger partial charge on any atom is -0.423 e. The van der Waals surface area contributed by atoms with Crippen LogP contribution < -0.4 is 5.32 Å². The van der Waals surface area contributed by atoms with E-state index < -0.39 is 0 Å². The summed E-state index contributed by atoms with van der Waals surface area (Å²) < 4.78 is 13.2. The second kappa shape index (κ2) is 8.10. The van der Waals surface area contributed by atoms with Crippen molar-refractivity contribution in [3.05, 3.63) is 78.2 Å². The summed E-state index contributed by atoms with van der Waals surface area (Å²) in [5, 5.41) is 7.50. The number of aromatic nitrogens is 3. The number of ether oxygens (including phenoxy) is 1. The first-order valence-electron chi connectivity index (χ1n) is 9.23. The first kappa shape index (κ1) is 18.0. The van der Waals surface area contributed by atoms with Gasteiger partial charge < -0.3 is 14.5 Å². The molecule has 0 amide bonds. The van der Waals surface area contributed by atoms with E-state index in [1.165, 1.54) is 0 Å². The average Bonchev–Trinajstić information content (AvgIpc) is 3.41. The molecule has 1 N–H and O–H groups in total. The van der Waals surface area contributed by atoms with Crippen LogP contribution in [0.15, 0.2) is 71.5 Å². The second-order valence-electron chi connectivity index (χ2n) is 6.44. The van der Waals surface area contributed by atoms with Crippen molar-refractivity contribution < 1.29 is 9.15 Å². The van der Waals surface area contributed by atoms with Crippen molar-refractivity contribution in [2.45, 2.75) is 20.5 Å². The second-order valence-corrected chi connectivity index (χ2v) is 6.44. The van der Waals surface area contributed by atoms with Crippen LogP contribution in [-0.2, 0) is 11.3 Å². The first-order chi connectivity index (χ1) is 13.7. The maximum absolute atomic E-state index is 5.90. The highest BCUT2D eigenvalue weighted by atomic mass is 16.5. The summed E-state index contributed by atoms with van der Waals surface area (Å²) in [4.78, 5) is 4.37. The largest absolute Gasteiger partial charge is 0.423 e. The van der Waals surface area contributed by atoms with E-state index in [0.717, 1.165) is 28.1 Å². The van der Waals surface area contributed by atoms with E-state index in [0.29, 0.717) is 25.0 Å². The third-order valence-electron chi connectivity index (χ3n) is 4.44. The number of aryl methyl sites for hydroxylation is 1. The summed E-state index contributed by atoms with van der Waals surface area (Å²) in [6.07, 6.45) is 5.39. The predicted octanol–water partition coefficient (Wildman–Crippen LogP) is 5.12. The fourth-order valence-corrected chi connectivity index (χ4v) is 2.89. The van der Waals surface area contributed by atoms with Crippen LogP contribution in [0.4, 0.5) is 11.7 Å². The zero-order valence-electron chi connectivity index (χ0n) is 15.9. The van der Waals surface area contributed by atoms with Gasteiger partial charge in [0.25, 0.3) is 6.01 Å². The molecule has 6 nitrogen and oxygen atoms in total. The summed E-state index contributed by atoms with van der Waals surface area (Å²) in [6, 6.07) is 16.5. The number of hydrogen-bond acceptors (Lipinski definition) is 5. The molecule has 0 saturated carbocycles. The van der Waals surface area contributed by atoms with Crippen molar-refractivity contribution in [1.29, 1.82) is 0 Å². The SMILES string of the molecule is CCOCc1ccc(C)c(Nc2ncc(-c3ccc(-n4cccn4)cc3)o2)c1. The van der Waals surface area contributed by atoms with Crippen molar-refractivity contribution in [3.8, 4) is 17.0 Å². The maximum Gasteiger partial charge on any atom is 0.299 e. The highest BCUT2D eigenvalue weighted by molar-refractivity contribution is 5.62. The van der Waals surface area contributed by atoms with Gasteiger partial charge in [0.2, 0.25) is 0 Å². The standard InChI is InChI=1S/C22H22N4O2/c1-3-27-15-17-6-5-16(2)20(13-17)25-22-23-14-21(28-22)18-7-9-19(10-8-18)26-12-4-11-24-26/h4-14H,3,15H2,1-2H3,(H,23,25). The number of nitrogens with one attached hydrogen (secondary N) is 1. The van der Waals surface area contributed by atoms with Crippen LogP contribution >= 0.6 is 0 Å². The Bertz CT molecular complexity index is 1040. The van der Waals surface area contributed by atoms with Crippen LogP contribution in [0.3, 0.4) is 0 Å². The first-order valence-corrected chi connectivity index (χ1v) is 9.23. The average molecular weight is 374 g/mol. The van der Waals surface area contributed by atoms with Crippen LogP contribution in [-0.4, -0.2) is 21.4 Å². The Morgan fingerprint density at radius 3 is 2.75 bits per heavy atom. The van der Waals surface area contributed by atoms with Gasteiger partial charge in [-0.05, 0) is 61.4 Å². The number of nitrogens with zero attached hydrogens (tertiary/aromatic N) is 3. The summed E-state index contributed by atoms with van der Waals surface area (Å²) in [6.45, 7) is 5.32. The molecule has 0 spiro atoms. The minimum atomic E-state index is 0.461. The molecular weight excluding hydrogens is 352 g/mol. The van der Waals surface area contributed by atoms with Crippen LogP contribution in [0.2, 0.25) is 0 Å². The Morgan fingerprint density at radius 1 is 1.14 bits per heavy atom.